The zero-order valence-electron chi connectivity index (χ0n) is 14.9. The molecule has 2 aromatic rings. The Morgan fingerprint density at radius 3 is 2.81 bits per heavy atom. The van der Waals surface area contributed by atoms with Gasteiger partial charge in [0, 0.05) is 39.0 Å². The number of nitrogens with zero attached hydrogens (tertiary/aromatic N) is 3. The predicted molar refractivity (Wildman–Crippen MR) is 93.8 cm³/mol. The molecular formula is C19H23N3O4. The van der Waals surface area contributed by atoms with Gasteiger partial charge in [0.1, 0.15) is 11.9 Å². The van der Waals surface area contributed by atoms with Crippen LogP contribution in [0.4, 0.5) is 0 Å². The van der Waals surface area contributed by atoms with Crippen LogP contribution in [0.5, 0.6) is 5.75 Å². The van der Waals surface area contributed by atoms with Crippen molar-refractivity contribution in [3.63, 3.8) is 0 Å². The van der Waals surface area contributed by atoms with Crippen LogP contribution in [0.2, 0.25) is 0 Å². The van der Waals surface area contributed by atoms with Crippen molar-refractivity contribution in [2.45, 2.75) is 38.2 Å². The zero-order valence-corrected chi connectivity index (χ0v) is 14.9. The molecule has 4 rings (SSSR count). The first-order chi connectivity index (χ1) is 12.7. The molecule has 1 amide bonds. The van der Waals surface area contributed by atoms with Gasteiger partial charge in [-0.15, -0.1) is 0 Å². The van der Waals surface area contributed by atoms with Crippen molar-refractivity contribution in [3.05, 3.63) is 30.1 Å². The molecule has 2 fully saturated rings. The summed E-state index contributed by atoms with van der Waals surface area (Å²) in [4.78, 5) is 17.9. The van der Waals surface area contributed by atoms with Gasteiger partial charge in [-0.2, -0.15) is 4.98 Å². The van der Waals surface area contributed by atoms with Gasteiger partial charge >= 0.3 is 0 Å². The van der Waals surface area contributed by atoms with Crippen molar-refractivity contribution in [1.82, 2.24) is 15.0 Å². The Bertz CT molecular complexity index is 770. The highest BCUT2D eigenvalue weighted by molar-refractivity contribution is 5.73. The van der Waals surface area contributed by atoms with E-state index in [9.17, 15) is 4.79 Å². The third-order valence-electron chi connectivity index (χ3n) is 5.03. The molecular weight excluding hydrogens is 334 g/mol. The van der Waals surface area contributed by atoms with E-state index in [1.54, 1.807) is 6.92 Å². The molecule has 7 heteroatoms. The van der Waals surface area contributed by atoms with Crippen molar-refractivity contribution < 1.29 is 18.8 Å². The first-order valence-electron chi connectivity index (χ1n) is 9.13. The number of benzene rings is 1. The summed E-state index contributed by atoms with van der Waals surface area (Å²) in [5, 5.41) is 4.17. The number of rotatable bonds is 4. The molecule has 0 aliphatic carbocycles. The van der Waals surface area contributed by atoms with Crippen LogP contribution in [-0.2, 0) is 9.53 Å². The Hall–Kier alpha value is -2.41. The lowest BCUT2D eigenvalue weighted by molar-refractivity contribution is -0.128. The molecule has 0 N–H and O–H groups in total. The van der Waals surface area contributed by atoms with Gasteiger partial charge in [0.2, 0.25) is 5.91 Å². The first-order valence-corrected chi connectivity index (χ1v) is 9.13. The maximum absolute atomic E-state index is 11.5. The van der Waals surface area contributed by atoms with Crippen LogP contribution in [0, 0.1) is 0 Å². The van der Waals surface area contributed by atoms with Crippen LogP contribution in [0.1, 0.15) is 37.9 Å². The zero-order chi connectivity index (χ0) is 17.9. The van der Waals surface area contributed by atoms with E-state index in [4.69, 9.17) is 14.0 Å². The van der Waals surface area contributed by atoms with Crippen LogP contribution >= 0.6 is 0 Å². The molecule has 1 unspecified atom stereocenters. The minimum atomic E-state index is -0.0158. The average molecular weight is 357 g/mol. The molecule has 2 aliphatic rings. The van der Waals surface area contributed by atoms with Crippen LogP contribution < -0.4 is 4.74 Å². The van der Waals surface area contributed by atoms with Gasteiger partial charge in [0.05, 0.1) is 12.1 Å². The van der Waals surface area contributed by atoms with Gasteiger partial charge in [0.25, 0.3) is 5.89 Å². The molecule has 26 heavy (non-hydrogen) atoms. The van der Waals surface area contributed by atoms with E-state index in [0.29, 0.717) is 18.2 Å². The topological polar surface area (TPSA) is 77.7 Å². The van der Waals surface area contributed by atoms with Crippen molar-refractivity contribution in [3.8, 4) is 17.2 Å². The fourth-order valence-corrected chi connectivity index (χ4v) is 3.50. The lowest BCUT2D eigenvalue weighted by Gasteiger charge is -2.18. The monoisotopic (exact) mass is 357 g/mol. The quantitative estimate of drug-likeness (QED) is 0.837. The molecule has 2 saturated heterocycles. The summed E-state index contributed by atoms with van der Waals surface area (Å²) in [6.07, 6.45) is 2.64. The number of carbonyl (C=O) groups excluding carboxylic acids is 1. The molecule has 0 saturated carbocycles. The summed E-state index contributed by atoms with van der Waals surface area (Å²) in [6, 6.07) is 7.68. The van der Waals surface area contributed by atoms with Gasteiger partial charge in [0.15, 0.2) is 5.82 Å². The highest BCUT2D eigenvalue weighted by Crippen LogP contribution is 2.32. The predicted octanol–water partition coefficient (Wildman–Crippen LogP) is 2.63. The average Bonchev–Trinajstić information content (AvgIpc) is 3.33. The molecule has 0 radical (unpaired) electrons. The second kappa shape index (κ2) is 7.45. The Morgan fingerprint density at radius 1 is 1.23 bits per heavy atom. The number of para-hydroxylation sites is 1. The largest absolute Gasteiger partial charge is 0.488 e. The van der Waals surface area contributed by atoms with Gasteiger partial charge < -0.3 is 18.9 Å². The van der Waals surface area contributed by atoms with Crippen LogP contribution in [0.15, 0.2) is 28.8 Å². The Morgan fingerprint density at radius 2 is 2.04 bits per heavy atom. The minimum absolute atomic E-state index is 0.0158. The summed E-state index contributed by atoms with van der Waals surface area (Å²) >= 11 is 0. The van der Waals surface area contributed by atoms with Gasteiger partial charge in [-0.1, -0.05) is 17.3 Å². The molecule has 0 bridgehead atoms. The third-order valence-corrected chi connectivity index (χ3v) is 5.03. The summed E-state index contributed by atoms with van der Waals surface area (Å²) in [6.45, 7) is 4.41. The Labute approximate surface area is 152 Å². The summed E-state index contributed by atoms with van der Waals surface area (Å²) in [7, 11) is 0. The molecule has 2 aliphatic heterocycles. The molecule has 1 aromatic carbocycles. The molecule has 1 aromatic heterocycles. The van der Waals surface area contributed by atoms with E-state index in [1.165, 1.54) is 0 Å². The van der Waals surface area contributed by atoms with E-state index in [-0.39, 0.29) is 17.9 Å². The lowest BCUT2D eigenvalue weighted by atomic mass is 10.00. The maximum Gasteiger partial charge on any atom is 0.261 e. The van der Waals surface area contributed by atoms with Crippen LogP contribution in [-0.4, -0.2) is 53.4 Å². The Balaban J connectivity index is 1.51. The SMILES string of the molecule is CC(=O)N1CCC(Oc2ccccc2-c2nc(C3CCOCC3)no2)C1. The van der Waals surface area contributed by atoms with E-state index in [0.717, 1.165) is 50.4 Å². The summed E-state index contributed by atoms with van der Waals surface area (Å²) < 4.78 is 17.1. The Kier molecular flexibility index (Phi) is 4.88. The molecule has 138 valence electrons. The smallest absolute Gasteiger partial charge is 0.261 e. The number of likely N-dealkylation sites (tertiary alicyclic amines) is 1. The standard InChI is InChI=1S/C19H23N3O4/c1-13(23)22-9-6-15(12-22)25-17-5-3-2-4-16(17)19-20-18(21-26-19)14-7-10-24-11-8-14/h2-5,14-15H,6-12H2,1H3. The van der Waals surface area contributed by atoms with Gasteiger partial charge in [-0.25, -0.2) is 0 Å². The number of carbonyl (C=O) groups is 1. The van der Waals surface area contributed by atoms with Crippen molar-refractivity contribution in [1.29, 1.82) is 0 Å². The highest BCUT2D eigenvalue weighted by atomic mass is 16.5. The van der Waals surface area contributed by atoms with Crippen molar-refractivity contribution in [2.75, 3.05) is 26.3 Å². The van der Waals surface area contributed by atoms with Crippen molar-refractivity contribution >= 4 is 5.91 Å². The molecule has 1 atom stereocenters. The first kappa shape index (κ1) is 17.0. The number of aromatic nitrogens is 2. The number of ether oxygens (including phenoxy) is 2. The fraction of sp³-hybridized carbons (Fsp3) is 0.526. The van der Waals surface area contributed by atoms with Gasteiger partial charge in [-0.05, 0) is 25.0 Å². The highest BCUT2D eigenvalue weighted by Gasteiger charge is 2.27. The maximum atomic E-state index is 11.5. The molecule has 7 nitrogen and oxygen atoms in total. The van der Waals surface area contributed by atoms with Gasteiger partial charge in [-0.3, -0.25) is 4.79 Å². The van der Waals surface area contributed by atoms with E-state index >= 15 is 0 Å². The number of amides is 1. The number of hydrogen-bond acceptors (Lipinski definition) is 6. The van der Waals surface area contributed by atoms with E-state index in [2.05, 4.69) is 10.1 Å². The van der Waals surface area contributed by atoms with Crippen LogP contribution in [0.25, 0.3) is 11.5 Å². The number of hydrogen-bond donors (Lipinski definition) is 0. The lowest BCUT2D eigenvalue weighted by Crippen LogP contribution is -2.28. The van der Waals surface area contributed by atoms with Crippen LogP contribution in [0.3, 0.4) is 0 Å². The molecule has 3 heterocycles. The van der Waals surface area contributed by atoms with Crippen molar-refractivity contribution in [2.24, 2.45) is 0 Å². The van der Waals surface area contributed by atoms with E-state index in [1.807, 2.05) is 29.2 Å². The summed E-state index contributed by atoms with van der Waals surface area (Å²) in [5.41, 5.74) is 0.791. The summed E-state index contributed by atoms with van der Waals surface area (Å²) in [5.74, 6) is 2.30. The third kappa shape index (κ3) is 3.58. The van der Waals surface area contributed by atoms with E-state index < -0.39 is 0 Å². The second-order valence-corrected chi connectivity index (χ2v) is 6.83. The fourth-order valence-electron chi connectivity index (χ4n) is 3.50. The molecule has 0 spiro atoms. The second-order valence-electron chi connectivity index (χ2n) is 6.83. The minimum Gasteiger partial charge on any atom is -0.488 e. The normalized spacial score (nSPS) is 21.1.